The van der Waals surface area contributed by atoms with E-state index in [1.807, 2.05) is 0 Å². The van der Waals surface area contributed by atoms with Crippen molar-refractivity contribution in [2.45, 2.75) is 53.4 Å². The zero-order valence-electron chi connectivity index (χ0n) is 15.0. The number of ether oxygens (including phenoxy) is 2. The smallest absolute Gasteiger partial charge is 0.333 e. The minimum absolute atomic E-state index is 0.0473. The largest absolute Gasteiger partial charge is 0.462 e. The molecule has 5 heteroatoms. The molecule has 0 saturated carbocycles. The summed E-state index contributed by atoms with van der Waals surface area (Å²) in [5.74, 6) is 0.0471. The third-order valence-corrected chi connectivity index (χ3v) is 2.68. The third-order valence-electron chi connectivity index (χ3n) is 2.68. The lowest BCUT2D eigenvalue weighted by atomic mass is 10.1. The van der Waals surface area contributed by atoms with E-state index in [0.717, 1.165) is 18.8 Å². The van der Waals surface area contributed by atoms with Crippen molar-refractivity contribution in [3.8, 4) is 0 Å². The summed E-state index contributed by atoms with van der Waals surface area (Å²) in [5.41, 5.74) is 0.829. The van der Waals surface area contributed by atoms with Crippen molar-refractivity contribution < 1.29 is 24.2 Å². The lowest BCUT2D eigenvalue weighted by molar-refractivity contribution is -0.140. The highest BCUT2D eigenvalue weighted by atomic mass is 16.5. The van der Waals surface area contributed by atoms with Crippen LogP contribution >= 0.6 is 0 Å². The highest BCUT2D eigenvalue weighted by Gasteiger charge is 2.02. The van der Waals surface area contributed by atoms with Gasteiger partial charge in [-0.3, -0.25) is 0 Å². The van der Waals surface area contributed by atoms with Crippen molar-refractivity contribution in [3.05, 3.63) is 24.3 Å². The number of unbranched alkanes of at least 4 members (excludes halogenated alkanes) is 2. The quantitative estimate of drug-likeness (QED) is 0.378. The number of aliphatic hydroxyl groups excluding tert-OH is 1. The molecule has 1 N–H and O–H groups in total. The summed E-state index contributed by atoms with van der Waals surface area (Å²) in [7, 11) is 0. The van der Waals surface area contributed by atoms with Crippen molar-refractivity contribution in [1.82, 2.24) is 0 Å². The number of carbonyl (C=O) groups is 2. The highest BCUT2D eigenvalue weighted by molar-refractivity contribution is 5.87. The molecular formula is C18H32O5. The Balaban J connectivity index is 0. The van der Waals surface area contributed by atoms with Gasteiger partial charge in [0, 0.05) is 11.1 Å². The first-order chi connectivity index (χ1) is 10.7. The molecule has 0 atom stereocenters. The molecule has 23 heavy (non-hydrogen) atoms. The number of esters is 2. The summed E-state index contributed by atoms with van der Waals surface area (Å²) in [6.07, 6.45) is 4.59. The minimum atomic E-state index is -0.455. The van der Waals surface area contributed by atoms with Crippen LogP contribution in [0.2, 0.25) is 0 Å². The number of aliphatic hydroxyl groups is 1. The molecule has 0 unspecified atom stereocenters. The molecule has 0 bridgehead atoms. The van der Waals surface area contributed by atoms with Crippen LogP contribution in [0.25, 0.3) is 0 Å². The van der Waals surface area contributed by atoms with Crippen LogP contribution in [0, 0.1) is 5.92 Å². The number of rotatable bonds is 10. The molecule has 134 valence electrons. The molecule has 5 nitrogen and oxygen atoms in total. The molecule has 0 saturated heterocycles. The maximum atomic E-state index is 11.0. The van der Waals surface area contributed by atoms with Crippen molar-refractivity contribution in [2.24, 2.45) is 5.92 Å². The normalized spacial score (nSPS) is 9.65. The molecule has 0 spiro atoms. The lowest BCUT2D eigenvalue weighted by Crippen LogP contribution is -2.08. The molecule has 0 fully saturated rings. The van der Waals surface area contributed by atoms with Crippen LogP contribution in [0.5, 0.6) is 0 Å². The Morgan fingerprint density at radius 1 is 0.913 bits per heavy atom. The van der Waals surface area contributed by atoms with Crippen LogP contribution in [0.4, 0.5) is 0 Å². The molecule has 0 aliphatic carbocycles. The van der Waals surface area contributed by atoms with E-state index in [0.29, 0.717) is 17.8 Å². The number of hydrogen-bond acceptors (Lipinski definition) is 5. The van der Waals surface area contributed by atoms with E-state index in [1.165, 1.54) is 12.8 Å². The first kappa shape index (κ1) is 23.6. The minimum Gasteiger partial charge on any atom is -0.462 e. The van der Waals surface area contributed by atoms with Gasteiger partial charge in [-0.15, -0.1) is 0 Å². The lowest BCUT2D eigenvalue weighted by Gasteiger charge is -2.05. The van der Waals surface area contributed by atoms with Gasteiger partial charge in [-0.25, -0.2) is 9.59 Å². The number of carbonyl (C=O) groups excluding carboxylic acids is 2. The predicted molar refractivity (Wildman–Crippen MR) is 91.9 cm³/mol. The molecule has 0 aromatic heterocycles. The summed E-state index contributed by atoms with van der Waals surface area (Å²) in [6.45, 7) is 15.0. The van der Waals surface area contributed by atoms with Gasteiger partial charge in [0.2, 0.25) is 0 Å². The standard InChI is InChI=1S/C12H22O2.C6H10O3/c1-10(2)8-6-5-7-9-14-12(13)11(3)4;1-5(2)6(8)9-4-3-7/h10H,3,5-9H2,1-2,4H3;7H,1,3-4H2,2H3. The maximum absolute atomic E-state index is 11.0. The van der Waals surface area contributed by atoms with Gasteiger partial charge in [0.1, 0.15) is 6.61 Å². The molecule has 0 heterocycles. The molecule has 0 amide bonds. The summed E-state index contributed by atoms with van der Waals surface area (Å²) in [6, 6.07) is 0. The Kier molecular flexibility index (Phi) is 15.7. The van der Waals surface area contributed by atoms with Crippen LogP contribution in [0.15, 0.2) is 24.3 Å². The van der Waals surface area contributed by atoms with E-state index in [4.69, 9.17) is 9.84 Å². The maximum Gasteiger partial charge on any atom is 0.333 e. The molecular weight excluding hydrogens is 296 g/mol. The molecule has 0 aromatic carbocycles. The van der Waals surface area contributed by atoms with Gasteiger partial charge < -0.3 is 14.6 Å². The summed E-state index contributed by atoms with van der Waals surface area (Å²) < 4.78 is 9.44. The summed E-state index contributed by atoms with van der Waals surface area (Å²) in [5, 5.41) is 8.19. The van der Waals surface area contributed by atoms with E-state index >= 15 is 0 Å². The van der Waals surface area contributed by atoms with Crippen molar-refractivity contribution in [3.63, 3.8) is 0 Å². The Hall–Kier alpha value is -1.62. The first-order valence-electron chi connectivity index (χ1n) is 7.98. The fourth-order valence-electron chi connectivity index (χ4n) is 1.38. The SMILES string of the molecule is C=C(C)C(=O)OCCCCCC(C)C.C=C(C)C(=O)OCCO. The van der Waals surface area contributed by atoms with Gasteiger partial charge in [-0.2, -0.15) is 0 Å². The molecule has 0 rings (SSSR count). The Morgan fingerprint density at radius 3 is 1.78 bits per heavy atom. The zero-order chi connectivity index (χ0) is 18.3. The van der Waals surface area contributed by atoms with Gasteiger partial charge in [0.05, 0.1) is 13.2 Å². The van der Waals surface area contributed by atoms with E-state index in [2.05, 4.69) is 31.7 Å². The van der Waals surface area contributed by atoms with Gasteiger partial charge in [-0.1, -0.05) is 46.3 Å². The zero-order valence-corrected chi connectivity index (χ0v) is 15.0. The Bertz CT molecular complexity index is 372. The summed E-state index contributed by atoms with van der Waals surface area (Å²) in [4.78, 5) is 21.4. The second-order valence-corrected chi connectivity index (χ2v) is 5.80. The monoisotopic (exact) mass is 328 g/mol. The van der Waals surface area contributed by atoms with Gasteiger partial charge in [0.15, 0.2) is 0 Å². The number of hydrogen-bond donors (Lipinski definition) is 1. The molecule has 0 aliphatic heterocycles. The van der Waals surface area contributed by atoms with Crippen LogP contribution in [0.3, 0.4) is 0 Å². The van der Waals surface area contributed by atoms with E-state index in [9.17, 15) is 9.59 Å². The fourth-order valence-corrected chi connectivity index (χ4v) is 1.38. The molecule has 0 aromatic rings. The highest BCUT2D eigenvalue weighted by Crippen LogP contribution is 2.08. The van der Waals surface area contributed by atoms with Crippen LogP contribution in [-0.2, 0) is 19.1 Å². The summed E-state index contributed by atoms with van der Waals surface area (Å²) >= 11 is 0. The fraction of sp³-hybridized carbons (Fsp3) is 0.667. The van der Waals surface area contributed by atoms with E-state index < -0.39 is 5.97 Å². The average molecular weight is 328 g/mol. The molecule has 0 aliphatic rings. The van der Waals surface area contributed by atoms with E-state index in [-0.39, 0.29) is 19.2 Å². The second-order valence-electron chi connectivity index (χ2n) is 5.80. The van der Waals surface area contributed by atoms with Gasteiger partial charge >= 0.3 is 11.9 Å². The Labute approximate surface area is 140 Å². The van der Waals surface area contributed by atoms with Gasteiger partial charge in [-0.05, 0) is 26.2 Å². The van der Waals surface area contributed by atoms with Crippen LogP contribution < -0.4 is 0 Å². The van der Waals surface area contributed by atoms with E-state index in [1.54, 1.807) is 13.8 Å². The first-order valence-corrected chi connectivity index (χ1v) is 7.98. The van der Waals surface area contributed by atoms with Crippen molar-refractivity contribution >= 4 is 11.9 Å². The van der Waals surface area contributed by atoms with Crippen molar-refractivity contribution in [1.29, 1.82) is 0 Å². The van der Waals surface area contributed by atoms with Gasteiger partial charge in [0.25, 0.3) is 0 Å². The predicted octanol–water partition coefficient (Wildman–Crippen LogP) is 3.42. The van der Waals surface area contributed by atoms with Crippen LogP contribution in [-0.4, -0.2) is 36.9 Å². The average Bonchev–Trinajstić information content (AvgIpc) is 2.48. The third kappa shape index (κ3) is 18.3. The van der Waals surface area contributed by atoms with Crippen molar-refractivity contribution in [2.75, 3.05) is 19.8 Å². The molecule has 0 radical (unpaired) electrons. The van der Waals surface area contributed by atoms with Crippen LogP contribution in [0.1, 0.15) is 53.4 Å². The Morgan fingerprint density at radius 2 is 1.39 bits per heavy atom. The second kappa shape index (κ2) is 15.3. The topological polar surface area (TPSA) is 72.8 Å².